The number of halogens is 3. The molecule has 0 amide bonds. The summed E-state index contributed by atoms with van der Waals surface area (Å²) >= 11 is 0. The normalized spacial score (nSPS) is 13.7. The van der Waals surface area contributed by atoms with E-state index in [4.69, 9.17) is 4.42 Å². The Balaban J connectivity index is 2.09. The van der Waals surface area contributed by atoms with Gasteiger partial charge in [-0.3, -0.25) is 4.79 Å². The highest BCUT2D eigenvalue weighted by atomic mass is 19.4. The minimum atomic E-state index is -4.47. The van der Waals surface area contributed by atoms with Gasteiger partial charge < -0.3 is 9.15 Å². The summed E-state index contributed by atoms with van der Waals surface area (Å²) in [5.41, 5.74) is 0.736. The van der Waals surface area contributed by atoms with E-state index in [0.29, 0.717) is 11.0 Å². The molecule has 2 aromatic rings. The molecule has 0 saturated carbocycles. The molecule has 1 atom stereocenters. The Labute approximate surface area is 107 Å². The third kappa shape index (κ3) is 2.96. The average Bonchev–Trinajstić information content (AvgIpc) is 2.78. The van der Waals surface area contributed by atoms with Crippen LogP contribution in [-0.4, -0.2) is 24.7 Å². The predicted molar refractivity (Wildman–Crippen MR) is 62.0 cm³/mol. The molecule has 0 bridgehead atoms. The van der Waals surface area contributed by atoms with Crippen LogP contribution in [0.3, 0.4) is 0 Å². The van der Waals surface area contributed by atoms with E-state index in [0.717, 1.165) is 6.92 Å². The lowest BCUT2D eigenvalue weighted by Crippen LogP contribution is -2.30. The number of Topliss-reactive ketones (excluding diaryl/α,β-unsaturated/α-hetero) is 1. The van der Waals surface area contributed by atoms with Crippen LogP contribution in [0.2, 0.25) is 0 Å². The summed E-state index contributed by atoms with van der Waals surface area (Å²) in [7, 11) is 0. The van der Waals surface area contributed by atoms with Crippen LogP contribution >= 0.6 is 0 Å². The minimum absolute atomic E-state index is 0.227. The highest BCUT2D eigenvalue weighted by Crippen LogP contribution is 2.24. The molecule has 0 saturated heterocycles. The number of carbonyl (C=O) groups is 1. The van der Waals surface area contributed by atoms with Gasteiger partial charge in [0.05, 0.1) is 5.56 Å². The zero-order valence-corrected chi connectivity index (χ0v) is 10.0. The number of fused-ring (bicyclic) bond motifs is 1. The Bertz CT molecular complexity index is 586. The van der Waals surface area contributed by atoms with Crippen LogP contribution in [0.1, 0.15) is 17.3 Å². The van der Waals surface area contributed by atoms with Crippen LogP contribution in [0.5, 0.6) is 0 Å². The fourth-order valence-corrected chi connectivity index (χ4v) is 1.57. The number of benzene rings is 1. The van der Waals surface area contributed by atoms with Crippen LogP contribution < -0.4 is 0 Å². The van der Waals surface area contributed by atoms with E-state index in [2.05, 4.69) is 4.74 Å². The third-order valence-electron chi connectivity index (χ3n) is 2.71. The quantitative estimate of drug-likeness (QED) is 0.798. The molecular weight excluding hydrogens is 261 g/mol. The number of hydrogen-bond donors (Lipinski definition) is 0. The Kier molecular flexibility index (Phi) is 3.61. The molecule has 6 heteroatoms. The Morgan fingerprint density at radius 1 is 1.37 bits per heavy atom. The molecule has 0 aliphatic carbocycles. The van der Waals surface area contributed by atoms with Gasteiger partial charge in [-0.15, -0.1) is 0 Å². The van der Waals surface area contributed by atoms with Gasteiger partial charge in [-0.2, -0.15) is 13.2 Å². The van der Waals surface area contributed by atoms with E-state index >= 15 is 0 Å². The van der Waals surface area contributed by atoms with Gasteiger partial charge >= 0.3 is 6.18 Å². The first-order chi connectivity index (χ1) is 8.89. The largest absolute Gasteiger partial charge is 0.464 e. The molecule has 0 aliphatic rings. The lowest BCUT2D eigenvalue weighted by atomic mass is 10.1. The molecule has 3 nitrogen and oxygen atoms in total. The fourth-order valence-electron chi connectivity index (χ4n) is 1.57. The number of rotatable bonds is 4. The number of alkyl halides is 3. The zero-order chi connectivity index (χ0) is 14.0. The van der Waals surface area contributed by atoms with E-state index in [1.165, 1.54) is 6.26 Å². The SMILES string of the molecule is CC(OCC(=O)c1coc2ccccc12)C(F)(F)F. The van der Waals surface area contributed by atoms with Crippen molar-refractivity contribution in [2.75, 3.05) is 6.61 Å². The molecule has 1 aromatic heterocycles. The van der Waals surface area contributed by atoms with Crippen molar-refractivity contribution in [3.8, 4) is 0 Å². The van der Waals surface area contributed by atoms with Crippen molar-refractivity contribution in [1.29, 1.82) is 0 Å². The second kappa shape index (κ2) is 5.05. The number of carbonyl (C=O) groups excluding carboxylic acids is 1. The summed E-state index contributed by atoms with van der Waals surface area (Å²) in [6, 6.07) is 6.79. The summed E-state index contributed by atoms with van der Waals surface area (Å²) < 4.78 is 46.4. The van der Waals surface area contributed by atoms with Gasteiger partial charge in [0.2, 0.25) is 0 Å². The lowest BCUT2D eigenvalue weighted by molar-refractivity contribution is -0.210. The van der Waals surface area contributed by atoms with Crippen molar-refractivity contribution in [3.05, 3.63) is 36.1 Å². The topological polar surface area (TPSA) is 39.4 Å². The van der Waals surface area contributed by atoms with Crippen LogP contribution in [-0.2, 0) is 4.74 Å². The van der Waals surface area contributed by atoms with Crippen molar-refractivity contribution in [2.24, 2.45) is 0 Å². The van der Waals surface area contributed by atoms with Gasteiger partial charge in [-0.25, -0.2) is 0 Å². The smallest absolute Gasteiger partial charge is 0.414 e. The molecule has 1 unspecified atom stereocenters. The van der Waals surface area contributed by atoms with Gasteiger partial charge in [-0.1, -0.05) is 18.2 Å². The zero-order valence-electron chi connectivity index (χ0n) is 10.0. The fraction of sp³-hybridized carbons (Fsp3) is 0.308. The Hall–Kier alpha value is -1.82. The van der Waals surface area contributed by atoms with Gasteiger partial charge in [-0.05, 0) is 13.0 Å². The second-order valence-electron chi connectivity index (χ2n) is 4.06. The van der Waals surface area contributed by atoms with E-state index in [1.807, 2.05) is 0 Å². The Morgan fingerprint density at radius 3 is 2.74 bits per heavy atom. The van der Waals surface area contributed by atoms with E-state index in [1.54, 1.807) is 24.3 Å². The van der Waals surface area contributed by atoms with Gasteiger partial charge in [0, 0.05) is 5.39 Å². The molecule has 1 aromatic carbocycles. The molecule has 1 heterocycles. The maximum Gasteiger partial charge on any atom is 0.414 e. The van der Waals surface area contributed by atoms with Crippen LogP contribution in [0.15, 0.2) is 34.9 Å². The number of para-hydroxylation sites is 1. The van der Waals surface area contributed by atoms with Crippen molar-refractivity contribution in [1.82, 2.24) is 0 Å². The van der Waals surface area contributed by atoms with Crippen LogP contribution in [0.25, 0.3) is 11.0 Å². The predicted octanol–water partition coefficient (Wildman–Crippen LogP) is 3.58. The van der Waals surface area contributed by atoms with Crippen molar-refractivity contribution >= 4 is 16.8 Å². The molecule has 19 heavy (non-hydrogen) atoms. The van der Waals surface area contributed by atoms with Gasteiger partial charge in [0.15, 0.2) is 11.9 Å². The van der Waals surface area contributed by atoms with Crippen molar-refractivity contribution < 1.29 is 27.1 Å². The molecule has 0 aliphatic heterocycles. The van der Waals surface area contributed by atoms with Gasteiger partial charge in [0.25, 0.3) is 0 Å². The van der Waals surface area contributed by atoms with E-state index < -0.39 is 24.7 Å². The molecule has 0 radical (unpaired) electrons. The summed E-state index contributed by atoms with van der Waals surface area (Å²) in [4.78, 5) is 11.8. The van der Waals surface area contributed by atoms with E-state index in [9.17, 15) is 18.0 Å². The highest BCUT2D eigenvalue weighted by Gasteiger charge is 2.37. The molecule has 0 N–H and O–H groups in total. The summed E-state index contributed by atoms with van der Waals surface area (Å²) in [5, 5.41) is 0.566. The third-order valence-corrected chi connectivity index (χ3v) is 2.71. The maximum atomic E-state index is 12.2. The van der Waals surface area contributed by atoms with Gasteiger partial charge in [0.1, 0.15) is 18.5 Å². The van der Waals surface area contributed by atoms with Crippen LogP contribution in [0.4, 0.5) is 13.2 Å². The molecule has 0 spiro atoms. The minimum Gasteiger partial charge on any atom is -0.464 e. The summed E-state index contributed by atoms with van der Waals surface area (Å²) in [6.07, 6.45) is -5.22. The summed E-state index contributed by atoms with van der Waals surface area (Å²) in [6.45, 7) is 0.227. The number of ketones is 1. The first-order valence-corrected chi connectivity index (χ1v) is 5.57. The second-order valence-corrected chi connectivity index (χ2v) is 4.06. The van der Waals surface area contributed by atoms with E-state index in [-0.39, 0.29) is 5.56 Å². The molecule has 0 fully saturated rings. The number of furan rings is 1. The maximum absolute atomic E-state index is 12.2. The van der Waals surface area contributed by atoms with Crippen molar-refractivity contribution in [2.45, 2.75) is 19.2 Å². The number of hydrogen-bond acceptors (Lipinski definition) is 3. The highest BCUT2D eigenvalue weighted by molar-refractivity contribution is 6.07. The standard InChI is InChI=1S/C13H11F3O3/c1-8(13(14,15)16)18-7-11(17)10-6-19-12-5-3-2-4-9(10)12/h2-6,8H,7H2,1H3. The number of ether oxygens (including phenoxy) is 1. The first-order valence-electron chi connectivity index (χ1n) is 5.57. The first kappa shape index (κ1) is 13.6. The average molecular weight is 272 g/mol. The van der Waals surface area contributed by atoms with Crippen LogP contribution in [0, 0.1) is 0 Å². The Morgan fingerprint density at radius 2 is 2.05 bits per heavy atom. The molecule has 2 rings (SSSR count). The molecule has 102 valence electrons. The lowest BCUT2D eigenvalue weighted by Gasteiger charge is -2.15. The summed E-state index contributed by atoms with van der Waals surface area (Å²) in [5.74, 6) is -0.541. The van der Waals surface area contributed by atoms with Crippen molar-refractivity contribution in [3.63, 3.8) is 0 Å². The monoisotopic (exact) mass is 272 g/mol. The molecular formula is C13H11F3O3.